The molecule has 0 amide bonds. The highest BCUT2D eigenvalue weighted by atomic mass is 35.5. The number of esters is 1. The maximum absolute atomic E-state index is 11.5. The van der Waals surface area contributed by atoms with E-state index in [9.17, 15) is 4.79 Å². The van der Waals surface area contributed by atoms with Gasteiger partial charge in [0, 0.05) is 40.5 Å². The highest BCUT2D eigenvalue weighted by Crippen LogP contribution is 2.29. The summed E-state index contributed by atoms with van der Waals surface area (Å²) in [6, 6.07) is 10.7. The fourth-order valence-corrected chi connectivity index (χ4v) is 3.11. The molecule has 0 saturated carbocycles. The Morgan fingerprint density at radius 2 is 1.96 bits per heavy atom. The summed E-state index contributed by atoms with van der Waals surface area (Å²) in [6.45, 7) is 2.49. The molecule has 0 unspecified atom stereocenters. The van der Waals surface area contributed by atoms with Crippen molar-refractivity contribution in [2.45, 2.75) is 19.8 Å². The van der Waals surface area contributed by atoms with E-state index in [-0.39, 0.29) is 5.97 Å². The summed E-state index contributed by atoms with van der Waals surface area (Å²) < 4.78 is 12.4. The fraction of sp³-hybridized carbons (Fsp3) is 0.250. The minimum Gasteiger partial charge on any atom is -0.478 e. The van der Waals surface area contributed by atoms with E-state index in [0.29, 0.717) is 53.4 Å². The van der Waals surface area contributed by atoms with Crippen molar-refractivity contribution in [3.63, 3.8) is 0 Å². The minimum atomic E-state index is -0.239. The lowest BCUT2D eigenvalue weighted by atomic mass is 10.2. The molecule has 3 aromatic rings. The van der Waals surface area contributed by atoms with Crippen LogP contribution in [0, 0.1) is 0 Å². The van der Waals surface area contributed by atoms with Gasteiger partial charge < -0.3 is 9.47 Å². The molecule has 0 bridgehead atoms. The number of hydrogen-bond donors (Lipinski definition) is 0. The second-order valence-corrected chi connectivity index (χ2v) is 6.78. The van der Waals surface area contributed by atoms with Gasteiger partial charge in [-0.1, -0.05) is 23.2 Å². The van der Waals surface area contributed by atoms with Crippen LogP contribution in [0.15, 0.2) is 48.8 Å². The van der Waals surface area contributed by atoms with Crippen molar-refractivity contribution in [2.24, 2.45) is 0 Å². The first kappa shape index (κ1) is 20.2. The van der Waals surface area contributed by atoms with Crippen LogP contribution < -0.4 is 4.74 Å². The number of rotatable bonds is 8. The molecule has 0 atom stereocenters. The van der Waals surface area contributed by atoms with Crippen molar-refractivity contribution in [3.05, 3.63) is 58.8 Å². The molecule has 0 aliphatic carbocycles. The van der Waals surface area contributed by atoms with Crippen LogP contribution in [-0.2, 0) is 9.53 Å². The quantitative estimate of drug-likeness (QED) is 0.381. The number of pyridine rings is 1. The van der Waals surface area contributed by atoms with E-state index in [2.05, 4.69) is 10.1 Å². The topological polar surface area (TPSA) is 66.2 Å². The Bertz CT molecular complexity index is 925. The zero-order valence-corrected chi connectivity index (χ0v) is 16.8. The van der Waals surface area contributed by atoms with Gasteiger partial charge >= 0.3 is 5.97 Å². The fourth-order valence-electron chi connectivity index (χ4n) is 2.60. The molecule has 1 aromatic carbocycles. The van der Waals surface area contributed by atoms with E-state index in [1.54, 1.807) is 42.2 Å². The van der Waals surface area contributed by atoms with Gasteiger partial charge in [0.05, 0.1) is 24.6 Å². The number of carbonyl (C=O) groups excluding carboxylic acids is 1. The third-order valence-corrected chi connectivity index (χ3v) is 4.24. The zero-order chi connectivity index (χ0) is 19.9. The van der Waals surface area contributed by atoms with Crippen molar-refractivity contribution < 1.29 is 14.3 Å². The van der Waals surface area contributed by atoms with Gasteiger partial charge in [-0.3, -0.25) is 9.78 Å². The smallest absolute Gasteiger partial charge is 0.305 e. The SMILES string of the molecule is CCOC(=O)CCCOc1cc(-c2cccnc2)nn1-c1cc(Cl)cc(Cl)c1. The summed E-state index contributed by atoms with van der Waals surface area (Å²) in [7, 11) is 0. The lowest BCUT2D eigenvalue weighted by Gasteiger charge is -2.10. The number of ether oxygens (including phenoxy) is 2. The maximum atomic E-state index is 11.5. The van der Waals surface area contributed by atoms with E-state index in [1.165, 1.54) is 0 Å². The second-order valence-electron chi connectivity index (χ2n) is 5.91. The Kier molecular flexibility index (Phi) is 6.90. The van der Waals surface area contributed by atoms with Crippen LogP contribution in [0.1, 0.15) is 19.8 Å². The Labute approximate surface area is 173 Å². The van der Waals surface area contributed by atoms with Crippen LogP contribution in [0.2, 0.25) is 10.0 Å². The van der Waals surface area contributed by atoms with Gasteiger partial charge in [-0.15, -0.1) is 0 Å². The molecule has 0 fully saturated rings. The number of nitrogens with zero attached hydrogens (tertiary/aromatic N) is 3. The summed E-state index contributed by atoms with van der Waals surface area (Å²) in [5.41, 5.74) is 2.23. The largest absolute Gasteiger partial charge is 0.478 e. The second kappa shape index (κ2) is 9.57. The highest BCUT2D eigenvalue weighted by Gasteiger charge is 2.14. The predicted octanol–water partition coefficient (Wildman–Crippen LogP) is 4.96. The Hall–Kier alpha value is -2.57. The molecule has 0 radical (unpaired) electrons. The van der Waals surface area contributed by atoms with Gasteiger partial charge in [0.2, 0.25) is 5.88 Å². The van der Waals surface area contributed by atoms with Crippen LogP contribution in [0.4, 0.5) is 0 Å². The Morgan fingerprint density at radius 1 is 1.18 bits per heavy atom. The summed E-state index contributed by atoms with van der Waals surface area (Å²) in [5, 5.41) is 5.61. The van der Waals surface area contributed by atoms with E-state index in [1.807, 2.05) is 18.2 Å². The molecule has 6 nitrogen and oxygen atoms in total. The standard InChI is InChI=1S/C20H19Cl2N3O3/c1-2-27-20(26)6-4-8-28-19-12-18(14-5-3-7-23-13-14)24-25(19)17-10-15(21)9-16(22)11-17/h3,5,7,9-13H,2,4,6,8H2,1H3. The summed E-state index contributed by atoms with van der Waals surface area (Å²) in [6.07, 6.45) is 4.25. The average Bonchev–Trinajstić information content (AvgIpc) is 3.10. The van der Waals surface area contributed by atoms with Crippen LogP contribution in [-0.4, -0.2) is 33.9 Å². The normalized spacial score (nSPS) is 10.7. The van der Waals surface area contributed by atoms with Crippen LogP contribution in [0.5, 0.6) is 5.88 Å². The molecule has 0 spiro atoms. The van der Waals surface area contributed by atoms with Gasteiger partial charge in [0.15, 0.2) is 0 Å². The third kappa shape index (κ3) is 5.24. The van der Waals surface area contributed by atoms with Gasteiger partial charge in [-0.2, -0.15) is 5.10 Å². The summed E-state index contributed by atoms with van der Waals surface area (Å²) >= 11 is 12.3. The van der Waals surface area contributed by atoms with Crippen molar-refractivity contribution in [3.8, 4) is 22.8 Å². The highest BCUT2D eigenvalue weighted by molar-refractivity contribution is 6.34. The van der Waals surface area contributed by atoms with Gasteiger partial charge in [0.25, 0.3) is 0 Å². The van der Waals surface area contributed by atoms with Gasteiger partial charge in [-0.05, 0) is 43.7 Å². The number of hydrogen-bond acceptors (Lipinski definition) is 5. The van der Waals surface area contributed by atoms with Crippen molar-refractivity contribution in [1.82, 2.24) is 14.8 Å². The number of halogens is 2. The maximum Gasteiger partial charge on any atom is 0.305 e. The summed E-state index contributed by atoms with van der Waals surface area (Å²) in [5.74, 6) is 0.276. The number of benzene rings is 1. The molecular weight excluding hydrogens is 401 g/mol. The van der Waals surface area contributed by atoms with Gasteiger partial charge in [-0.25, -0.2) is 4.68 Å². The Morgan fingerprint density at radius 3 is 2.64 bits per heavy atom. The molecule has 0 N–H and O–H groups in total. The van der Waals surface area contributed by atoms with Crippen molar-refractivity contribution in [2.75, 3.05) is 13.2 Å². The van der Waals surface area contributed by atoms with E-state index in [0.717, 1.165) is 5.56 Å². The van der Waals surface area contributed by atoms with Crippen LogP contribution >= 0.6 is 23.2 Å². The number of carbonyl (C=O) groups is 1. The van der Waals surface area contributed by atoms with E-state index in [4.69, 9.17) is 32.7 Å². The monoisotopic (exact) mass is 419 g/mol. The first-order chi connectivity index (χ1) is 13.6. The molecule has 8 heteroatoms. The molecule has 2 heterocycles. The van der Waals surface area contributed by atoms with Crippen LogP contribution in [0.3, 0.4) is 0 Å². The molecule has 2 aromatic heterocycles. The molecule has 0 saturated heterocycles. The molecule has 3 rings (SSSR count). The van der Waals surface area contributed by atoms with Crippen molar-refractivity contribution in [1.29, 1.82) is 0 Å². The lowest BCUT2D eigenvalue weighted by molar-refractivity contribution is -0.143. The van der Waals surface area contributed by atoms with E-state index < -0.39 is 0 Å². The molecular formula is C20H19Cl2N3O3. The first-order valence-corrected chi connectivity index (χ1v) is 9.57. The first-order valence-electron chi connectivity index (χ1n) is 8.82. The van der Waals surface area contributed by atoms with Crippen LogP contribution in [0.25, 0.3) is 16.9 Å². The third-order valence-electron chi connectivity index (χ3n) is 3.81. The average molecular weight is 420 g/mol. The molecule has 0 aliphatic heterocycles. The predicted molar refractivity (Wildman–Crippen MR) is 108 cm³/mol. The summed E-state index contributed by atoms with van der Waals surface area (Å²) in [4.78, 5) is 15.6. The van der Waals surface area contributed by atoms with Crippen molar-refractivity contribution >= 4 is 29.2 Å². The zero-order valence-electron chi connectivity index (χ0n) is 15.3. The molecule has 28 heavy (non-hydrogen) atoms. The lowest BCUT2D eigenvalue weighted by Crippen LogP contribution is -2.08. The molecule has 146 valence electrons. The number of aromatic nitrogens is 3. The molecule has 0 aliphatic rings. The van der Waals surface area contributed by atoms with E-state index >= 15 is 0 Å². The Balaban J connectivity index is 1.84. The minimum absolute atomic E-state index is 0.239. The van der Waals surface area contributed by atoms with Gasteiger partial charge in [0.1, 0.15) is 0 Å².